The normalized spacial score (nSPS) is 60.0. The van der Waals surface area contributed by atoms with E-state index in [2.05, 4.69) is 11.8 Å². The Bertz CT molecular complexity index is 222. The third kappa shape index (κ3) is 0.930. The van der Waals surface area contributed by atoms with E-state index >= 15 is 0 Å². The van der Waals surface area contributed by atoms with Gasteiger partial charge in [0.1, 0.15) is 0 Å². The van der Waals surface area contributed by atoms with Crippen LogP contribution in [0.2, 0.25) is 0 Å². The summed E-state index contributed by atoms with van der Waals surface area (Å²) < 4.78 is 0. The van der Waals surface area contributed by atoms with Gasteiger partial charge >= 0.3 is 0 Å². The summed E-state index contributed by atoms with van der Waals surface area (Å²) in [5.41, 5.74) is 0.859. The van der Waals surface area contributed by atoms with Crippen molar-refractivity contribution in [3.8, 4) is 0 Å². The van der Waals surface area contributed by atoms with Crippen LogP contribution in [0.5, 0.6) is 0 Å². The Morgan fingerprint density at radius 2 is 1.50 bits per heavy atom. The lowest BCUT2D eigenvalue weighted by atomic mass is 9.45. The summed E-state index contributed by atoms with van der Waals surface area (Å²) in [7, 11) is 0. The third-order valence-electron chi connectivity index (χ3n) is 5.85. The van der Waals surface area contributed by atoms with Crippen LogP contribution in [0.25, 0.3) is 0 Å². The number of hydrogen-bond donors (Lipinski definition) is 0. The Hall–Kier alpha value is 0.350. The zero-order valence-electron chi connectivity index (χ0n) is 8.87. The topological polar surface area (TPSA) is 0 Å². The van der Waals surface area contributed by atoms with Gasteiger partial charge in [-0.2, -0.15) is 11.8 Å². The van der Waals surface area contributed by atoms with E-state index in [1.165, 1.54) is 11.5 Å². The number of rotatable bonds is 0. The van der Waals surface area contributed by atoms with Crippen LogP contribution in [0.4, 0.5) is 0 Å². The van der Waals surface area contributed by atoms with Crippen LogP contribution in [0.15, 0.2) is 0 Å². The van der Waals surface area contributed by atoms with E-state index in [4.69, 9.17) is 0 Å². The molecular weight excluding hydrogens is 188 g/mol. The molecule has 1 heteroatoms. The summed E-state index contributed by atoms with van der Waals surface area (Å²) in [4.78, 5) is 0. The first-order valence-corrected chi connectivity index (χ1v) is 7.60. The minimum atomic E-state index is 0.859. The average Bonchev–Trinajstić information content (AvgIpc) is 2.63. The van der Waals surface area contributed by atoms with Gasteiger partial charge in [-0.05, 0) is 79.1 Å². The van der Waals surface area contributed by atoms with Gasteiger partial charge in [0, 0.05) is 0 Å². The Morgan fingerprint density at radius 3 is 2.00 bits per heavy atom. The molecule has 0 aromatic carbocycles. The Balaban J connectivity index is 1.73. The fourth-order valence-corrected chi connectivity index (χ4v) is 7.03. The summed E-state index contributed by atoms with van der Waals surface area (Å²) in [6.07, 6.45) is 9.66. The van der Waals surface area contributed by atoms with Crippen molar-refractivity contribution >= 4 is 11.8 Å². The van der Waals surface area contributed by atoms with Crippen LogP contribution in [0, 0.1) is 29.1 Å². The van der Waals surface area contributed by atoms with E-state index in [1.807, 2.05) is 0 Å². The van der Waals surface area contributed by atoms with Crippen molar-refractivity contribution in [3.63, 3.8) is 0 Å². The Morgan fingerprint density at radius 1 is 0.857 bits per heavy atom. The van der Waals surface area contributed by atoms with Gasteiger partial charge in [-0.3, -0.25) is 0 Å². The lowest BCUT2D eigenvalue weighted by Gasteiger charge is -2.60. The molecule has 14 heavy (non-hydrogen) atoms. The molecule has 5 fully saturated rings. The Kier molecular flexibility index (Phi) is 1.65. The molecule has 1 saturated heterocycles. The highest BCUT2D eigenvalue weighted by Crippen LogP contribution is 2.66. The molecule has 4 aliphatic carbocycles. The maximum atomic E-state index is 2.25. The first-order chi connectivity index (χ1) is 6.87. The highest BCUT2D eigenvalue weighted by atomic mass is 32.2. The fourth-order valence-electron chi connectivity index (χ4n) is 5.36. The second kappa shape index (κ2) is 2.72. The van der Waals surface area contributed by atoms with Crippen molar-refractivity contribution in [3.05, 3.63) is 0 Å². The molecule has 0 N–H and O–H groups in total. The van der Waals surface area contributed by atoms with E-state index in [0.29, 0.717) is 0 Å². The van der Waals surface area contributed by atoms with E-state index < -0.39 is 0 Å². The number of thioether (sulfide) groups is 1. The van der Waals surface area contributed by atoms with Crippen LogP contribution >= 0.6 is 11.8 Å². The van der Waals surface area contributed by atoms with Gasteiger partial charge in [0.15, 0.2) is 0 Å². The highest BCUT2D eigenvalue weighted by molar-refractivity contribution is 7.99. The summed E-state index contributed by atoms with van der Waals surface area (Å²) in [5, 5.41) is 0. The smallest absolute Gasteiger partial charge is 0.000519 e. The molecule has 0 aromatic rings. The first kappa shape index (κ1) is 8.50. The molecule has 4 saturated carbocycles. The molecule has 1 aliphatic heterocycles. The van der Waals surface area contributed by atoms with Crippen molar-refractivity contribution in [2.24, 2.45) is 29.1 Å². The molecule has 0 atom stereocenters. The molecule has 78 valence electrons. The second-order valence-corrected chi connectivity index (χ2v) is 7.45. The standard InChI is InChI=1S/C13H20S/c1-2-14-8-13(1)11-4-9-3-10(6-11)7-12(13)5-9/h9-12H,1-8H2. The van der Waals surface area contributed by atoms with Crippen molar-refractivity contribution in [2.45, 2.75) is 38.5 Å². The largest absolute Gasteiger partial charge is 0.161 e. The van der Waals surface area contributed by atoms with Crippen molar-refractivity contribution < 1.29 is 0 Å². The predicted molar refractivity (Wildman–Crippen MR) is 61.4 cm³/mol. The minimum Gasteiger partial charge on any atom is -0.161 e. The molecule has 5 aliphatic rings. The second-order valence-electron chi connectivity index (χ2n) is 6.34. The Labute approximate surface area is 91.2 Å². The van der Waals surface area contributed by atoms with Crippen LogP contribution < -0.4 is 0 Å². The fraction of sp³-hybridized carbons (Fsp3) is 1.00. The lowest BCUT2D eigenvalue weighted by Crippen LogP contribution is -2.52. The number of hydrogen-bond acceptors (Lipinski definition) is 1. The summed E-state index contributed by atoms with van der Waals surface area (Å²) >= 11 is 2.25. The quantitative estimate of drug-likeness (QED) is 0.586. The first-order valence-electron chi connectivity index (χ1n) is 6.44. The minimum absolute atomic E-state index is 0.859. The van der Waals surface area contributed by atoms with Gasteiger partial charge in [0.25, 0.3) is 0 Å². The van der Waals surface area contributed by atoms with Gasteiger partial charge in [-0.1, -0.05) is 0 Å². The van der Waals surface area contributed by atoms with Crippen LogP contribution in [0.3, 0.4) is 0 Å². The summed E-state index contributed by atoms with van der Waals surface area (Å²) in [5.74, 6) is 7.65. The van der Waals surface area contributed by atoms with Gasteiger partial charge in [0.2, 0.25) is 0 Å². The highest BCUT2D eigenvalue weighted by Gasteiger charge is 2.57. The van der Waals surface area contributed by atoms with Crippen molar-refractivity contribution in [1.82, 2.24) is 0 Å². The van der Waals surface area contributed by atoms with Crippen molar-refractivity contribution in [1.29, 1.82) is 0 Å². The zero-order chi connectivity index (χ0) is 9.17. The van der Waals surface area contributed by atoms with Crippen molar-refractivity contribution in [2.75, 3.05) is 11.5 Å². The van der Waals surface area contributed by atoms with E-state index in [-0.39, 0.29) is 0 Å². The van der Waals surface area contributed by atoms with Crippen LogP contribution in [-0.2, 0) is 0 Å². The monoisotopic (exact) mass is 208 g/mol. The summed E-state index contributed by atoms with van der Waals surface area (Å²) in [6, 6.07) is 0. The van der Waals surface area contributed by atoms with Crippen LogP contribution in [0.1, 0.15) is 38.5 Å². The summed E-state index contributed by atoms with van der Waals surface area (Å²) in [6.45, 7) is 0. The molecule has 0 amide bonds. The van der Waals surface area contributed by atoms with E-state index in [1.54, 1.807) is 38.5 Å². The van der Waals surface area contributed by atoms with Gasteiger partial charge < -0.3 is 0 Å². The average molecular weight is 208 g/mol. The zero-order valence-corrected chi connectivity index (χ0v) is 9.69. The molecule has 0 aromatic heterocycles. The van der Waals surface area contributed by atoms with E-state index in [9.17, 15) is 0 Å². The van der Waals surface area contributed by atoms with Gasteiger partial charge in [-0.15, -0.1) is 0 Å². The predicted octanol–water partition coefficient (Wildman–Crippen LogP) is 3.57. The third-order valence-corrected chi connectivity index (χ3v) is 7.08. The molecular formula is C13H20S. The molecule has 0 unspecified atom stereocenters. The van der Waals surface area contributed by atoms with Crippen LogP contribution in [-0.4, -0.2) is 11.5 Å². The van der Waals surface area contributed by atoms with E-state index in [0.717, 1.165) is 29.1 Å². The molecule has 4 bridgehead atoms. The lowest BCUT2D eigenvalue weighted by molar-refractivity contribution is -0.0934. The van der Waals surface area contributed by atoms with Gasteiger partial charge in [-0.25, -0.2) is 0 Å². The molecule has 1 heterocycles. The van der Waals surface area contributed by atoms with Gasteiger partial charge in [0.05, 0.1) is 0 Å². The molecule has 0 nitrogen and oxygen atoms in total. The SMILES string of the molecule is C1CC2(CS1)C1CC3CC(C1)CC2C3. The molecule has 1 spiro atoms. The maximum Gasteiger partial charge on any atom is -0.000519 e. The molecule has 5 rings (SSSR count). The maximum absolute atomic E-state index is 2.25. The molecule has 0 radical (unpaired) electrons.